The highest BCUT2D eigenvalue weighted by Crippen LogP contribution is 2.38. The van der Waals surface area contributed by atoms with Gasteiger partial charge < -0.3 is 24.3 Å². The van der Waals surface area contributed by atoms with E-state index in [4.69, 9.17) is 24.4 Å². The number of imidazole rings is 1. The number of rotatable bonds is 5. The summed E-state index contributed by atoms with van der Waals surface area (Å²) in [6.45, 7) is 13.4. The highest BCUT2D eigenvalue weighted by molar-refractivity contribution is 5.85. The lowest BCUT2D eigenvalue weighted by molar-refractivity contribution is -0.0998. The molecular weight excluding hydrogens is 404 g/mol. The first-order chi connectivity index (χ1) is 15.3. The Kier molecular flexibility index (Phi) is 5.78. The van der Waals surface area contributed by atoms with Crippen LogP contribution in [0, 0.1) is 5.41 Å². The number of nitrogens with one attached hydrogen (secondary N) is 1. The van der Waals surface area contributed by atoms with Gasteiger partial charge in [0.2, 0.25) is 5.95 Å². The van der Waals surface area contributed by atoms with Crippen LogP contribution in [0.5, 0.6) is 0 Å². The number of anilines is 2. The van der Waals surface area contributed by atoms with E-state index in [1.54, 1.807) is 0 Å². The molecule has 5 rings (SSSR count). The van der Waals surface area contributed by atoms with Crippen LogP contribution in [-0.2, 0) is 9.47 Å². The highest BCUT2D eigenvalue weighted by atomic mass is 16.5. The molecule has 8 heteroatoms. The fourth-order valence-electron chi connectivity index (χ4n) is 5.26. The predicted molar refractivity (Wildman–Crippen MR) is 126 cm³/mol. The fraction of sp³-hybridized carbons (Fsp3) is 0.792. The van der Waals surface area contributed by atoms with E-state index >= 15 is 0 Å². The van der Waals surface area contributed by atoms with Crippen LogP contribution in [0.1, 0.15) is 72.3 Å². The van der Waals surface area contributed by atoms with Gasteiger partial charge in [-0.15, -0.1) is 0 Å². The molecule has 3 aliphatic heterocycles. The Hall–Kier alpha value is -1.93. The zero-order valence-corrected chi connectivity index (χ0v) is 20.1. The van der Waals surface area contributed by atoms with Crippen LogP contribution >= 0.6 is 0 Å². The zero-order valence-electron chi connectivity index (χ0n) is 20.1. The van der Waals surface area contributed by atoms with Gasteiger partial charge in [0.1, 0.15) is 0 Å². The van der Waals surface area contributed by atoms with Gasteiger partial charge in [0, 0.05) is 38.9 Å². The number of aromatic nitrogens is 4. The van der Waals surface area contributed by atoms with E-state index in [-0.39, 0.29) is 11.7 Å². The lowest BCUT2D eigenvalue weighted by atomic mass is 9.83. The van der Waals surface area contributed by atoms with Crippen molar-refractivity contribution in [2.45, 2.75) is 84.0 Å². The molecule has 5 heterocycles. The number of piperidine rings is 1. The molecule has 1 spiro atoms. The molecule has 8 nitrogen and oxygen atoms in total. The van der Waals surface area contributed by atoms with Gasteiger partial charge in [-0.1, -0.05) is 13.8 Å². The van der Waals surface area contributed by atoms with Crippen molar-refractivity contribution in [1.82, 2.24) is 19.5 Å². The third-order valence-corrected chi connectivity index (χ3v) is 7.61. The van der Waals surface area contributed by atoms with Crippen molar-refractivity contribution in [3.8, 4) is 0 Å². The average Bonchev–Trinajstić information content (AvgIpc) is 3.37. The summed E-state index contributed by atoms with van der Waals surface area (Å²) in [6, 6.07) is 0.294. The van der Waals surface area contributed by atoms with Crippen molar-refractivity contribution in [1.29, 1.82) is 0 Å². The normalized spacial score (nSPS) is 25.2. The maximum Gasteiger partial charge on any atom is 0.226 e. The smallest absolute Gasteiger partial charge is 0.226 e. The quantitative estimate of drug-likeness (QED) is 0.744. The predicted octanol–water partition coefficient (Wildman–Crippen LogP) is 4.17. The van der Waals surface area contributed by atoms with Crippen LogP contribution in [0.4, 0.5) is 11.8 Å². The second-order valence-electron chi connectivity index (χ2n) is 10.9. The minimum Gasteiger partial charge on any atom is -0.381 e. The van der Waals surface area contributed by atoms with E-state index in [1.807, 2.05) is 6.33 Å². The Morgan fingerprint density at radius 1 is 1.09 bits per heavy atom. The summed E-state index contributed by atoms with van der Waals surface area (Å²) in [7, 11) is 0. The average molecular weight is 443 g/mol. The molecule has 2 aromatic heterocycles. The molecule has 32 heavy (non-hydrogen) atoms. The van der Waals surface area contributed by atoms with Crippen molar-refractivity contribution in [3.05, 3.63) is 6.33 Å². The van der Waals surface area contributed by atoms with Gasteiger partial charge in [0.25, 0.3) is 0 Å². The van der Waals surface area contributed by atoms with Crippen LogP contribution in [0.2, 0.25) is 0 Å². The third-order valence-electron chi connectivity index (χ3n) is 7.61. The van der Waals surface area contributed by atoms with E-state index < -0.39 is 0 Å². The lowest BCUT2D eigenvalue weighted by Crippen LogP contribution is -2.38. The molecule has 0 aliphatic carbocycles. The molecule has 0 saturated carbocycles. The molecule has 1 N–H and O–H groups in total. The maximum absolute atomic E-state index is 6.49. The van der Waals surface area contributed by atoms with E-state index in [2.05, 4.69) is 42.5 Å². The minimum absolute atomic E-state index is 0.0252. The first-order valence-corrected chi connectivity index (χ1v) is 12.3. The molecule has 1 unspecified atom stereocenters. The Morgan fingerprint density at radius 2 is 1.84 bits per heavy atom. The Balaban J connectivity index is 1.36. The van der Waals surface area contributed by atoms with Crippen molar-refractivity contribution >= 4 is 22.9 Å². The molecule has 2 aromatic rings. The molecule has 1 atom stereocenters. The standard InChI is InChI=1S/C24H38N6O2/c1-17(2)30-16-26-19-20(29-11-7-23(3,4)8-12-29)27-22(28-21(19)30)25-15-18-5-6-24(32-18)9-13-31-14-10-24/h16-18H,5-15H2,1-4H3,(H,25,27,28). The van der Waals surface area contributed by atoms with Crippen LogP contribution < -0.4 is 10.2 Å². The summed E-state index contributed by atoms with van der Waals surface area (Å²) < 4.78 is 14.2. The molecule has 0 radical (unpaired) electrons. The minimum atomic E-state index is 0.0252. The molecule has 3 fully saturated rings. The topological polar surface area (TPSA) is 77.3 Å². The number of hydrogen-bond acceptors (Lipinski definition) is 7. The summed E-state index contributed by atoms with van der Waals surface area (Å²) in [5.41, 5.74) is 2.23. The lowest BCUT2D eigenvalue weighted by Gasteiger charge is -2.37. The summed E-state index contributed by atoms with van der Waals surface area (Å²) in [6.07, 6.45) is 8.64. The number of fused-ring (bicyclic) bond motifs is 1. The summed E-state index contributed by atoms with van der Waals surface area (Å²) in [5.74, 6) is 1.64. The van der Waals surface area contributed by atoms with Crippen molar-refractivity contribution < 1.29 is 9.47 Å². The highest BCUT2D eigenvalue weighted by Gasteiger charge is 2.41. The fourth-order valence-corrected chi connectivity index (χ4v) is 5.26. The van der Waals surface area contributed by atoms with Crippen LogP contribution in [0.3, 0.4) is 0 Å². The van der Waals surface area contributed by atoms with E-state index in [1.165, 1.54) is 0 Å². The SMILES string of the molecule is CC(C)n1cnc2c(N3CCC(C)(C)CC3)nc(NCC3CCC4(CCOCC4)O3)nc21. The first-order valence-electron chi connectivity index (χ1n) is 12.3. The monoisotopic (exact) mass is 442 g/mol. The summed E-state index contributed by atoms with van der Waals surface area (Å²) in [4.78, 5) is 17.0. The molecule has 0 aromatic carbocycles. The van der Waals surface area contributed by atoms with Crippen molar-refractivity contribution in [2.75, 3.05) is 43.1 Å². The van der Waals surface area contributed by atoms with E-state index in [9.17, 15) is 0 Å². The number of ether oxygens (including phenoxy) is 2. The van der Waals surface area contributed by atoms with Gasteiger partial charge in [0.15, 0.2) is 17.0 Å². The largest absolute Gasteiger partial charge is 0.381 e. The van der Waals surface area contributed by atoms with Crippen LogP contribution in [0.15, 0.2) is 6.33 Å². The Labute approximate surface area is 191 Å². The maximum atomic E-state index is 6.49. The summed E-state index contributed by atoms with van der Waals surface area (Å²) in [5, 5.41) is 3.51. The Morgan fingerprint density at radius 3 is 2.56 bits per heavy atom. The third kappa shape index (κ3) is 4.31. The van der Waals surface area contributed by atoms with E-state index in [0.717, 1.165) is 88.4 Å². The van der Waals surface area contributed by atoms with Crippen LogP contribution in [-0.4, -0.2) is 64.1 Å². The van der Waals surface area contributed by atoms with Gasteiger partial charge in [-0.2, -0.15) is 9.97 Å². The molecule has 0 bridgehead atoms. The van der Waals surface area contributed by atoms with Crippen molar-refractivity contribution in [2.24, 2.45) is 5.41 Å². The first kappa shape index (κ1) is 21.9. The van der Waals surface area contributed by atoms with Gasteiger partial charge in [-0.25, -0.2) is 4.98 Å². The zero-order chi connectivity index (χ0) is 22.3. The van der Waals surface area contributed by atoms with Crippen molar-refractivity contribution in [3.63, 3.8) is 0 Å². The van der Waals surface area contributed by atoms with Gasteiger partial charge in [0.05, 0.1) is 18.0 Å². The molecular formula is C24H38N6O2. The molecule has 3 saturated heterocycles. The number of hydrogen-bond donors (Lipinski definition) is 1. The number of nitrogens with zero attached hydrogens (tertiary/aromatic N) is 5. The van der Waals surface area contributed by atoms with Gasteiger partial charge in [-0.05, 0) is 57.8 Å². The van der Waals surface area contributed by atoms with Gasteiger partial charge >= 0.3 is 0 Å². The molecule has 176 valence electrons. The Bertz CT molecular complexity index is 939. The summed E-state index contributed by atoms with van der Waals surface area (Å²) >= 11 is 0. The van der Waals surface area contributed by atoms with Gasteiger partial charge in [-0.3, -0.25) is 0 Å². The second-order valence-corrected chi connectivity index (χ2v) is 10.9. The van der Waals surface area contributed by atoms with Crippen LogP contribution in [0.25, 0.3) is 11.2 Å². The second kappa shape index (κ2) is 8.45. The molecule has 0 amide bonds. The van der Waals surface area contributed by atoms with E-state index in [0.29, 0.717) is 17.4 Å². The molecule has 3 aliphatic rings.